The van der Waals surface area contributed by atoms with Crippen LogP contribution >= 0.6 is 0 Å². The minimum atomic E-state index is -2.15. The summed E-state index contributed by atoms with van der Waals surface area (Å²) in [6, 6.07) is 0. The van der Waals surface area contributed by atoms with Crippen molar-refractivity contribution in [3.8, 4) is 0 Å². The average molecular weight is 363 g/mol. The Morgan fingerprint density at radius 1 is 0.913 bits per heavy atom. The fourth-order valence-corrected chi connectivity index (χ4v) is 3.67. The van der Waals surface area contributed by atoms with E-state index in [-0.39, 0.29) is 16.0 Å². The standard InChI is InChI=1S/C17H38O4Si2/c1-16(2,3)22(8,9)20-14(12-13-19-7)15(18)21-23(10,11)17(4,5)6/h14H,12-13H2,1-11H3. The van der Waals surface area contributed by atoms with Crippen molar-refractivity contribution in [2.24, 2.45) is 0 Å². The lowest BCUT2D eigenvalue weighted by Gasteiger charge is -2.40. The smallest absolute Gasteiger partial charge is 0.320 e. The van der Waals surface area contributed by atoms with E-state index in [4.69, 9.17) is 13.6 Å². The highest BCUT2D eigenvalue weighted by Crippen LogP contribution is 2.39. The first-order valence-corrected chi connectivity index (χ1v) is 14.3. The maximum Gasteiger partial charge on any atom is 0.320 e. The van der Waals surface area contributed by atoms with E-state index in [0.29, 0.717) is 13.0 Å². The van der Waals surface area contributed by atoms with Crippen LogP contribution in [-0.2, 0) is 18.4 Å². The van der Waals surface area contributed by atoms with Crippen LogP contribution in [0.2, 0.25) is 36.3 Å². The first kappa shape index (κ1) is 22.8. The van der Waals surface area contributed by atoms with Gasteiger partial charge < -0.3 is 13.6 Å². The predicted molar refractivity (Wildman–Crippen MR) is 102 cm³/mol. The van der Waals surface area contributed by atoms with Gasteiger partial charge in [-0.2, -0.15) is 0 Å². The SMILES string of the molecule is COCCC(O[Si](C)(C)C(C)(C)C)C(=O)O[Si](C)(C)C(C)(C)C. The van der Waals surface area contributed by atoms with Crippen molar-refractivity contribution in [3.05, 3.63) is 0 Å². The Morgan fingerprint density at radius 2 is 1.35 bits per heavy atom. The fourth-order valence-electron chi connectivity index (χ4n) is 1.45. The zero-order valence-electron chi connectivity index (χ0n) is 17.1. The molecule has 0 aromatic heterocycles. The van der Waals surface area contributed by atoms with Gasteiger partial charge in [0.25, 0.3) is 8.32 Å². The van der Waals surface area contributed by atoms with Crippen LogP contribution in [0.5, 0.6) is 0 Å². The van der Waals surface area contributed by atoms with E-state index in [1.165, 1.54) is 0 Å². The van der Waals surface area contributed by atoms with Crippen LogP contribution in [0.3, 0.4) is 0 Å². The van der Waals surface area contributed by atoms with Gasteiger partial charge in [-0.25, -0.2) is 0 Å². The third-order valence-electron chi connectivity index (χ3n) is 5.25. The molecule has 0 aromatic carbocycles. The number of rotatable bonds is 7. The third-order valence-corrected chi connectivity index (χ3v) is 14.1. The molecule has 1 atom stereocenters. The van der Waals surface area contributed by atoms with E-state index in [9.17, 15) is 4.79 Å². The molecule has 0 N–H and O–H groups in total. The molecule has 1 unspecified atom stereocenters. The quantitative estimate of drug-likeness (QED) is 0.600. The monoisotopic (exact) mass is 362 g/mol. The molecule has 0 bridgehead atoms. The summed E-state index contributed by atoms with van der Waals surface area (Å²) in [6.45, 7) is 21.9. The Balaban J connectivity index is 5.22. The molecule has 0 rings (SSSR count). The molecule has 4 nitrogen and oxygen atoms in total. The molecule has 0 heterocycles. The summed E-state index contributed by atoms with van der Waals surface area (Å²) in [5.41, 5.74) is 0. The second-order valence-corrected chi connectivity index (χ2v) is 18.8. The van der Waals surface area contributed by atoms with Gasteiger partial charge >= 0.3 is 5.97 Å². The highest BCUT2D eigenvalue weighted by Gasteiger charge is 2.44. The minimum Gasteiger partial charge on any atom is -0.517 e. The summed E-state index contributed by atoms with van der Waals surface area (Å²) in [5.74, 6) is -0.224. The van der Waals surface area contributed by atoms with Crippen LogP contribution in [0.1, 0.15) is 48.0 Å². The van der Waals surface area contributed by atoms with Gasteiger partial charge in [-0.1, -0.05) is 41.5 Å². The van der Waals surface area contributed by atoms with Gasteiger partial charge in [0.2, 0.25) is 0 Å². The number of hydrogen-bond acceptors (Lipinski definition) is 4. The molecular formula is C17H38O4Si2. The molecule has 0 radical (unpaired) electrons. The number of hydrogen-bond donors (Lipinski definition) is 0. The molecule has 138 valence electrons. The maximum absolute atomic E-state index is 12.8. The molecule has 0 aliphatic rings. The molecule has 0 aliphatic carbocycles. The molecule has 0 aliphatic heterocycles. The van der Waals surface area contributed by atoms with Gasteiger partial charge in [0.05, 0.1) is 0 Å². The molecule has 0 saturated carbocycles. The Bertz CT molecular complexity index is 392. The van der Waals surface area contributed by atoms with Crippen molar-refractivity contribution >= 4 is 22.6 Å². The zero-order valence-corrected chi connectivity index (χ0v) is 19.1. The van der Waals surface area contributed by atoms with Crippen LogP contribution in [-0.4, -0.2) is 42.4 Å². The van der Waals surface area contributed by atoms with Gasteiger partial charge in [-0.05, 0) is 36.3 Å². The van der Waals surface area contributed by atoms with Crippen molar-refractivity contribution in [2.45, 2.75) is 90.3 Å². The molecule has 0 spiro atoms. The van der Waals surface area contributed by atoms with Crippen molar-refractivity contribution in [1.29, 1.82) is 0 Å². The lowest BCUT2D eigenvalue weighted by molar-refractivity contribution is -0.144. The topological polar surface area (TPSA) is 44.8 Å². The normalized spacial score (nSPS) is 15.4. The summed E-state index contributed by atoms with van der Waals surface area (Å²) < 4.78 is 17.5. The summed E-state index contributed by atoms with van der Waals surface area (Å²) in [4.78, 5) is 12.8. The van der Waals surface area contributed by atoms with E-state index < -0.39 is 22.7 Å². The second-order valence-electron chi connectivity index (χ2n) is 9.33. The van der Waals surface area contributed by atoms with Gasteiger partial charge in [0.15, 0.2) is 8.32 Å². The first-order valence-electron chi connectivity index (χ1n) is 8.45. The number of carbonyl (C=O) groups excluding carboxylic acids is 1. The number of methoxy groups -OCH3 is 1. The molecule has 6 heteroatoms. The van der Waals surface area contributed by atoms with Crippen LogP contribution in [0, 0.1) is 0 Å². The Hall–Kier alpha value is -0.176. The van der Waals surface area contributed by atoms with E-state index in [1.54, 1.807) is 7.11 Å². The molecule has 0 aromatic rings. The van der Waals surface area contributed by atoms with Crippen LogP contribution in [0.15, 0.2) is 0 Å². The highest BCUT2D eigenvalue weighted by molar-refractivity contribution is 6.76. The summed E-state index contributed by atoms with van der Waals surface area (Å²) in [6.07, 6.45) is 0.00109. The number of ether oxygens (including phenoxy) is 1. The highest BCUT2D eigenvalue weighted by atomic mass is 28.4. The zero-order chi connectivity index (χ0) is 18.7. The second kappa shape index (κ2) is 7.80. The molecular weight excluding hydrogens is 324 g/mol. The van der Waals surface area contributed by atoms with Crippen LogP contribution in [0.4, 0.5) is 0 Å². The van der Waals surface area contributed by atoms with E-state index >= 15 is 0 Å². The maximum atomic E-state index is 12.8. The number of carbonyl (C=O) groups is 1. The van der Waals surface area contributed by atoms with Gasteiger partial charge in [-0.3, -0.25) is 4.79 Å². The van der Waals surface area contributed by atoms with E-state index in [2.05, 4.69) is 67.7 Å². The van der Waals surface area contributed by atoms with Crippen LogP contribution in [0.25, 0.3) is 0 Å². The third kappa shape index (κ3) is 6.68. The first-order chi connectivity index (χ1) is 10.0. The van der Waals surface area contributed by atoms with E-state index in [1.807, 2.05) is 0 Å². The van der Waals surface area contributed by atoms with Crippen molar-refractivity contribution in [3.63, 3.8) is 0 Å². The van der Waals surface area contributed by atoms with Crippen LogP contribution < -0.4 is 0 Å². The minimum absolute atomic E-state index is 0.00849. The Kier molecular flexibility index (Phi) is 7.74. The van der Waals surface area contributed by atoms with Crippen molar-refractivity contribution in [2.75, 3.05) is 13.7 Å². The molecule has 23 heavy (non-hydrogen) atoms. The Morgan fingerprint density at radius 3 is 1.70 bits per heavy atom. The lowest BCUT2D eigenvalue weighted by atomic mass is 10.2. The fraction of sp³-hybridized carbons (Fsp3) is 0.941. The van der Waals surface area contributed by atoms with E-state index in [0.717, 1.165) is 0 Å². The average Bonchev–Trinajstić information content (AvgIpc) is 2.30. The van der Waals surface area contributed by atoms with Crippen molar-refractivity contribution in [1.82, 2.24) is 0 Å². The Labute approximate surface area is 145 Å². The molecule has 0 fully saturated rings. The predicted octanol–water partition coefficient (Wildman–Crippen LogP) is 4.96. The summed E-state index contributed by atoms with van der Waals surface area (Å²) >= 11 is 0. The van der Waals surface area contributed by atoms with Gasteiger partial charge in [-0.15, -0.1) is 0 Å². The molecule has 0 saturated heterocycles. The summed E-state index contributed by atoms with van der Waals surface area (Å²) in [7, 11) is -2.55. The summed E-state index contributed by atoms with van der Waals surface area (Å²) in [5, 5.41) is 0.0427. The molecule has 0 amide bonds. The van der Waals surface area contributed by atoms with Gasteiger partial charge in [0, 0.05) is 20.1 Å². The van der Waals surface area contributed by atoms with Crippen molar-refractivity contribution < 1.29 is 18.4 Å². The van der Waals surface area contributed by atoms with Gasteiger partial charge in [0.1, 0.15) is 6.10 Å². The largest absolute Gasteiger partial charge is 0.517 e. The lowest BCUT2D eigenvalue weighted by Crippen LogP contribution is -2.50.